The number of hydrogen-bond donors (Lipinski definition) is 1. The van der Waals surface area contributed by atoms with E-state index in [4.69, 9.17) is 4.74 Å². The monoisotopic (exact) mass is 545 g/mol. The van der Waals surface area contributed by atoms with Crippen molar-refractivity contribution in [2.45, 2.75) is 78.9 Å². The van der Waals surface area contributed by atoms with Gasteiger partial charge in [0.05, 0.1) is 19.1 Å². The summed E-state index contributed by atoms with van der Waals surface area (Å²) in [6.07, 6.45) is 2.04. The summed E-state index contributed by atoms with van der Waals surface area (Å²) >= 11 is 0. The van der Waals surface area contributed by atoms with Crippen molar-refractivity contribution in [2.24, 2.45) is 0 Å². The molecule has 2 aromatic rings. The lowest BCUT2D eigenvalue weighted by atomic mass is 10.0. The summed E-state index contributed by atoms with van der Waals surface area (Å²) in [6.45, 7) is 11.8. The van der Waals surface area contributed by atoms with Gasteiger partial charge in [0.15, 0.2) is 0 Å². The van der Waals surface area contributed by atoms with Gasteiger partial charge < -0.3 is 15.0 Å². The number of carbonyl (C=O) groups is 2. The minimum absolute atomic E-state index is 0.104. The van der Waals surface area contributed by atoms with Crippen molar-refractivity contribution in [1.29, 1.82) is 0 Å². The second-order valence-electron chi connectivity index (χ2n) is 10.8. The van der Waals surface area contributed by atoms with Crippen LogP contribution in [-0.2, 0) is 26.2 Å². The Morgan fingerprint density at radius 2 is 1.68 bits per heavy atom. The highest BCUT2D eigenvalue weighted by Gasteiger charge is 2.31. The summed E-state index contributed by atoms with van der Waals surface area (Å²) in [6, 6.07) is 12.4. The van der Waals surface area contributed by atoms with Crippen LogP contribution in [0.1, 0.15) is 63.6 Å². The summed E-state index contributed by atoms with van der Waals surface area (Å²) in [7, 11) is -1.96. The van der Waals surface area contributed by atoms with E-state index in [1.165, 1.54) is 10.6 Å². The van der Waals surface area contributed by atoms with Crippen LogP contribution < -0.4 is 14.4 Å². The summed E-state index contributed by atoms with van der Waals surface area (Å²) < 4.78 is 31.9. The molecule has 2 aromatic carbocycles. The van der Waals surface area contributed by atoms with Gasteiger partial charge in [-0.05, 0) is 82.3 Å². The van der Waals surface area contributed by atoms with Crippen molar-refractivity contribution in [3.8, 4) is 5.75 Å². The number of hydrogen-bond acceptors (Lipinski definition) is 5. The molecule has 0 bridgehead atoms. The normalized spacial score (nSPS) is 12.5. The summed E-state index contributed by atoms with van der Waals surface area (Å²) in [4.78, 5) is 28.4. The molecule has 0 unspecified atom stereocenters. The Morgan fingerprint density at radius 3 is 2.21 bits per heavy atom. The first kappa shape index (κ1) is 31.1. The van der Waals surface area contributed by atoms with Crippen LogP contribution in [0.2, 0.25) is 0 Å². The zero-order chi connectivity index (χ0) is 28.7. The number of amides is 2. The van der Waals surface area contributed by atoms with Gasteiger partial charge in [-0.1, -0.05) is 31.2 Å². The van der Waals surface area contributed by atoms with Gasteiger partial charge in [-0.15, -0.1) is 0 Å². The maximum Gasteiger partial charge on any atom is 0.243 e. The summed E-state index contributed by atoms with van der Waals surface area (Å²) in [5.41, 5.74) is 2.84. The van der Waals surface area contributed by atoms with E-state index in [-0.39, 0.29) is 31.3 Å². The number of carbonyl (C=O) groups excluding carboxylic acids is 2. The van der Waals surface area contributed by atoms with Crippen LogP contribution in [0.3, 0.4) is 0 Å². The molecule has 2 amide bonds. The van der Waals surface area contributed by atoms with Gasteiger partial charge in [0.2, 0.25) is 21.8 Å². The molecule has 0 aliphatic heterocycles. The van der Waals surface area contributed by atoms with Crippen molar-refractivity contribution in [2.75, 3.05) is 24.2 Å². The van der Waals surface area contributed by atoms with Crippen LogP contribution in [-0.4, -0.2) is 56.6 Å². The SMILES string of the molecule is CC[C@H](C(=O)NC(C)(C)C)N(Cc1ccc(OC)cc1)C(=O)CCCN(c1cc(C)ccc1C)S(C)(=O)=O. The molecule has 0 spiro atoms. The number of benzene rings is 2. The van der Waals surface area contributed by atoms with Crippen molar-refractivity contribution >= 4 is 27.5 Å². The predicted octanol–water partition coefficient (Wildman–Crippen LogP) is 4.58. The molecule has 1 atom stereocenters. The topological polar surface area (TPSA) is 96.0 Å². The quantitative estimate of drug-likeness (QED) is 0.421. The Labute approximate surface area is 228 Å². The van der Waals surface area contributed by atoms with E-state index in [0.717, 1.165) is 16.7 Å². The Morgan fingerprint density at radius 1 is 1.05 bits per heavy atom. The summed E-state index contributed by atoms with van der Waals surface area (Å²) in [5.74, 6) is 0.289. The maximum atomic E-state index is 13.6. The fourth-order valence-corrected chi connectivity index (χ4v) is 5.29. The van der Waals surface area contributed by atoms with Crippen LogP contribution in [0.5, 0.6) is 5.75 Å². The molecule has 1 N–H and O–H groups in total. The molecule has 38 heavy (non-hydrogen) atoms. The molecule has 0 saturated heterocycles. The average Bonchev–Trinajstić information content (AvgIpc) is 2.81. The van der Waals surface area contributed by atoms with Gasteiger partial charge in [0.1, 0.15) is 11.8 Å². The lowest BCUT2D eigenvalue weighted by Crippen LogP contribution is -2.53. The predicted molar refractivity (Wildman–Crippen MR) is 153 cm³/mol. The molecule has 0 aromatic heterocycles. The molecular weight excluding hydrogens is 502 g/mol. The minimum Gasteiger partial charge on any atom is -0.497 e. The highest BCUT2D eigenvalue weighted by Crippen LogP contribution is 2.25. The van der Waals surface area contributed by atoms with Gasteiger partial charge in [-0.25, -0.2) is 8.42 Å². The van der Waals surface area contributed by atoms with Crippen molar-refractivity contribution in [3.05, 3.63) is 59.2 Å². The third-order valence-corrected chi connectivity index (χ3v) is 7.36. The highest BCUT2D eigenvalue weighted by molar-refractivity contribution is 7.92. The summed E-state index contributed by atoms with van der Waals surface area (Å²) in [5, 5.41) is 3.00. The molecule has 210 valence electrons. The van der Waals surface area contributed by atoms with E-state index < -0.39 is 21.6 Å². The van der Waals surface area contributed by atoms with E-state index in [9.17, 15) is 18.0 Å². The van der Waals surface area contributed by atoms with Gasteiger partial charge >= 0.3 is 0 Å². The van der Waals surface area contributed by atoms with E-state index in [1.807, 2.05) is 84.0 Å². The third-order valence-electron chi connectivity index (χ3n) is 6.18. The first-order valence-corrected chi connectivity index (χ1v) is 14.8. The number of nitrogens with one attached hydrogen (secondary N) is 1. The van der Waals surface area contributed by atoms with Crippen LogP contribution in [0.15, 0.2) is 42.5 Å². The number of aryl methyl sites for hydroxylation is 2. The van der Waals surface area contributed by atoms with Crippen molar-refractivity contribution in [1.82, 2.24) is 10.2 Å². The maximum absolute atomic E-state index is 13.6. The fourth-order valence-electron chi connectivity index (χ4n) is 4.27. The number of ether oxygens (including phenoxy) is 1. The molecule has 2 rings (SSSR count). The molecular formula is C29H43N3O5S. The second kappa shape index (κ2) is 13.1. The Kier molecular flexibility index (Phi) is 10.8. The molecule has 8 nitrogen and oxygen atoms in total. The number of rotatable bonds is 12. The molecule has 0 heterocycles. The van der Waals surface area contributed by atoms with Crippen LogP contribution in [0.25, 0.3) is 0 Å². The van der Waals surface area contributed by atoms with Gasteiger partial charge in [0, 0.05) is 25.0 Å². The standard InChI is InChI=1S/C29H43N3O5S/c1-9-25(28(34)30-29(4,5)6)31(20-23-14-16-24(37-7)17-15-23)27(33)11-10-18-32(38(8,35)36)26-19-21(2)12-13-22(26)3/h12-17,19,25H,9-11,18,20H2,1-8H3,(H,30,34)/t25-/m1/s1. The van der Waals surface area contributed by atoms with Crippen molar-refractivity contribution in [3.63, 3.8) is 0 Å². The third kappa shape index (κ3) is 9.04. The first-order chi connectivity index (χ1) is 17.7. The van der Waals surface area contributed by atoms with E-state index in [2.05, 4.69) is 5.32 Å². The van der Waals surface area contributed by atoms with Gasteiger partial charge in [-0.2, -0.15) is 0 Å². The Bertz CT molecular complexity index is 1200. The Balaban J connectivity index is 2.28. The minimum atomic E-state index is -3.55. The number of anilines is 1. The largest absolute Gasteiger partial charge is 0.497 e. The first-order valence-electron chi connectivity index (χ1n) is 13.0. The number of methoxy groups -OCH3 is 1. The zero-order valence-corrected chi connectivity index (χ0v) is 24.8. The zero-order valence-electron chi connectivity index (χ0n) is 24.0. The molecule has 0 fully saturated rings. The fraction of sp³-hybridized carbons (Fsp3) is 0.517. The van der Waals surface area contributed by atoms with Crippen LogP contribution in [0, 0.1) is 13.8 Å². The molecule has 9 heteroatoms. The van der Waals surface area contributed by atoms with Crippen LogP contribution >= 0.6 is 0 Å². The van der Waals surface area contributed by atoms with E-state index in [0.29, 0.717) is 24.3 Å². The van der Waals surface area contributed by atoms with E-state index in [1.54, 1.807) is 12.0 Å². The average molecular weight is 546 g/mol. The van der Waals surface area contributed by atoms with Crippen LogP contribution in [0.4, 0.5) is 5.69 Å². The molecule has 0 aliphatic rings. The van der Waals surface area contributed by atoms with Crippen molar-refractivity contribution < 1.29 is 22.7 Å². The van der Waals surface area contributed by atoms with Gasteiger partial charge in [-0.3, -0.25) is 13.9 Å². The number of nitrogens with zero attached hydrogens (tertiary/aromatic N) is 2. The highest BCUT2D eigenvalue weighted by atomic mass is 32.2. The molecule has 0 saturated carbocycles. The molecule has 0 radical (unpaired) electrons. The second-order valence-corrected chi connectivity index (χ2v) is 12.7. The lowest BCUT2D eigenvalue weighted by Gasteiger charge is -2.33. The smallest absolute Gasteiger partial charge is 0.243 e. The van der Waals surface area contributed by atoms with Gasteiger partial charge in [0.25, 0.3) is 0 Å². The number of sulfonamides is 1. The lowest BCUT2D eigenvalue weighted by molar-refractivity contribution is -0.142. The Hall–Kier alpha value is -3.07. The molecule has 0 aliphatic carbocycles. The van der Waals surface area contributed by atoms with E-state index >= 15 is 0 Å².